The summed E-state index contributed by atoms with van der Waals surface area (Å²) in [5.74, 6) is 0.644. The van der Waals surface area contributed by atoms with Crippen molar-refractivity contribution in [1.82, 2.24) is 5.32 Å². The van der Waals surface area contributed by atoms with E-state index < -0.39 is 5.82 Å². The summed E-state index contributed by atoms with van der Waals surface area (Å²) in [6.45, 7) is 0.935. The number of rotatable bonds is 8. The minimum absolute atomic E-state index is 0.0299. The van der Waals surface area contributed by atoms with Gasteiger partial charge in [0.2, 0.25) is 5.91 Å². The molecule has 1 aromatic carbocycles. The van der Waals surface area contributed by atoms with Gasteiger partial charge in [-0.05, 0) is 30.9 Å². The Kier molecular flexibility index (Phi) is 6.51. The van der Waals surface area contributed by atoms with E-state index in [-0.39, 0.29) is 24.7 Å². The molecule has 1 fully saturated rings. The summed E-state index contributed by atoms with van der Waals surface area (Å²) in [6, 6.07) is 6.23. The number of halogens is 1. The van der Waals surface area contributed by atoms with Crippen LogP contribution >= 0.6 is 0 Å². The second kappa shape index (κ2) is 8.65. The molecule has 0 bridgehead atoms. The molecule has 2 rings (SSSR count). The summed E-state index contributed by atoms with van der Waals surface area (Å²) < 4.78 is 18.5. The van der Waals surface area contributed by atoms with Crippen LogP contribution in [-0.2, 0) is 4.79 Å². The normalized spacial score (nSPS) is 15.1. The Balaban J connectivity index is 1.52. The predicted molar refractivity (Wildman–Crippen MR) is 80.7 cm³/mol. The first kappa shape index (κ1) is 15.8. The van der Waals surface area contributed by atoms with Crippen LogP contribution < -0.4 is 10.1 Å². The van der Waals surface area contributed by atoms with Crippen LogP contribution in [0.1, 0.15) is 44.9 Å². The highest BCUT2D eigenvalue weighted by atomic mass is 19.1. The van der Waals surface area contributed by atoms with Crippen LogP contribution in [0.15, 0.2) is 24.3 Å². The number of para-hydroxylation sites is 1. The number of amides is 1. The summed E-state index contributed by atoms with van der Waals surface area (Å²) in [7, 11) is 0. The van der Waals surface area contributed by atoms with Gasteiger partial charge in [-0.25, -0.2) is 4.39 Å². The predicted octanol–water partition coefficient (Wildman–Crippen LogP) is 3.68. The lowest BCUT2D eigenvalue weighted by Crippen LogP contribution is -2.26. The van der Waals surface area contributed by atoms with Crippen molar-refractivity contribution in [3.05, 3.63) is 30.1 Å². The van der Waals surface area contributed by atoms with Crippen LogP contribution in [0.4, 0.5) is 4.39 Å². The molecule has 21 heavy (non-hydrogen) atoms. The number of hydrogen-bond acceptors (Lipinski definition) is 2. The van der Waals surface area contributed by atoms with Crippen molar-refractivity contribution in [3.8, 4) is 5.75 Å². The molecule has 1 aromatic rings. The van der Waals surface area contributed by atoms with Crippen LogP contribution in [-0.4, -0.2) is 19.1 Å². The van der Waals surface area contributed by atoms with Gasteiger partial charge in [0.15, 0.2) is 11.6 Å². The van der Waals surface area contributed by atoms with Gasteiger partial charge in [-0.15, -0.1) is 0 Å². The zero-order chi connectivity index (χ0) is 14.9. The molecule has 0 heterocycles. The first-order chi connectivity index (χ1) is 10.3. The third-order valence-corrected chi connectivity index (χ3v) is 4.01. The SMILES string of the molecule is O=C(CCOc1ccccc1F)NCCCC1CCCC1. The molecule has 0 spiro atoms. The average Bonchev–Trinajstić information content (AvgIpc) is 2.99. The summed E-state index contributed by atoms with van der Waals surface area (Å²) in [4.78, 5) is 11.6. The Labute approximate surface area is 125 Å². The highest BCUT2D eigenvalue weighted by molar-refractivity contribution is 5.75. The van der Waals surface area contributed by atoms with Gasteiger partial charge >= 0.3 is 0 Å². The smallest absolute Gasteiger partial charge is 0.223 e. The molecule has 1 N–H and O–H groups in total. The van der Waals surface area contributed by atoms with Crippen LogP contribution in [0.5, 0.6) is 5.75 Å². The number of ether oxygens (including phenoxy) is 1. The molecule has 0 radical (unpaired) electrons. The third-order valence-electron chi connectivity index (χ3n) is 4.01. The van der Waals surface area contributed by atoms with E-state index >= 15 is 0 Å². The van der Waals surface area contributed by atoms with E-state index in [0.29, 0.717) is 0 Å². The number of benzene rings is 1. The van der Waals surface area contributed by atoms with E-state index in [2.05, 4.69) is 5.32 Å². The standard InChI is InChI=1S/C17H24FNO2/c18-15-9-3-4-10-16(15)21-13-11-17(20)19-12-5-8-14-6-1-2-7-14/h3-4,9-10,14H,1-2,5-8,11-13H2,(H,19,20). The third kappa shape index (κ3) is 5.74. The Bertz CT molecular complexity index is 444. The maximum absolute atomic E-state index is 13.3. The second-order valence-corrected chi connectivity index (χ2v) is 5.67. The summed E-state index contributed by atoms with van der Waals surface area (Å²) in [5.41, 5.74) is 0. The minimum atomic E-state index is -0.394. The van der Waals surface area contributed by atoms with Crippen LogP contribution in [0.2, 0.25) is 0 Å². The van der Waals surface area contributed by atoms with Gasteiger partial charge < -0.3 is 10.1 Å². The number of hydrogen-bond donors (Lipinski definition) is 1. The van der Waals surface area contributed by atoms with Crippen molar-refractivity contribution in [1.29, 1.82) is 0 Å². The van der Waals surface area contributed by atoms with E-state index in [1.807, 2.05) is 0 Å². The quantitative estimate of drug-likeness (QED) is 0.742. The van der Waals surface area contributed by atoms with Gasteiger partial charge in [-0.1, -0.05) is 37.8 Å². The van der Waals surface area contributed by atoms with Crippen molar-refractivity contribution in [2.24, 2.45) is 5.92 Å². The van der Waals surface area contributed by atoms with Gasteiger partial charge in [0.05, 0.1) is 13.0 Å². The number of carbonyl (C=O) groups is 1. The Morgan fingerprint density at radius 2 is 2.05 bits per heavy atom. The molecular weight excluding hydrogens is 269 g/mol. The zero-order valence-corrected chi connectivity index (χ0v) is 12.4. The minimum Gasteiger partial charge on any atom is -0.490 e. The highest BCUT2D eigenvalue weighted by Crippen LogP contribution is 2.28. The molecular formula is C17H24FNO2. The molecule has 0 unspecified atom stereocenters. The number of nitrogens with one attached hydrogen (secondary N) is 1. The van der Waals surface area contributed by atoms with Crippen molar-refractivity contribution in [2.75, 3.05) is 13.2 Å². The fourth-order valence-corrected chi connectivity index (χ4v) is 2.82. The fourth-order valence-electron chi connectivity index (χ4n) is 2.82. The molecule has 1 aliphatic rings. The topological polar surface area (TPSA) is 38.3 Å². The molecule has 0 atom stereocenters. The largest absolute Gasteiger partial charge is 0.490 e. The maximum atomic E-state index is 13.3. The molecule has 1 saturated carbocycles. The van der Waals surface area contributed by atoms with E-state index in [1.165, 1.54) is 38.2 Å². The molecule has 1 aliphatic carbocycles. The lowest BCUT2D eigenvalue weighted by atomic mass is 10.0. The molecule has 0 saturated heterocycles. The van der Waals surface area contributed by atoms with Crippen LogP contribution in [0.3, 0.4) is 0 Å². The second-order valence-electron chi connectivity index (χ2n) is 5.67. The molecule has 3 nitrogen and oxygen atoms in total. The Morgan fingerprint density at radius 3 is 2.81 bits per heavy atom. The monoisotopic (exact) mass is 293 g/mol. The van der Waals surface area contributed by atoms with E-state index in [9.17, 15) is 9.18 Å². The van der Waals surface area contributed by atoms with Gasteiger partial charge in [-0.3, -0.25) is 4.79 Å². The maximum Gasteiger partial charge on any atom is 0.223 e. The van der Waals surface area contributed by atoms with Crippen molar-refractivity contribution >= 4 is 5.91 Å². The van der Waals surface area contributed by atoms with Crippen LogP contribution in [0.25, 0.3) is 0 Å². The van der Waals surface area contributed by atoms with Crippen molar-refractivity contribution in [2.45, 2.75) is 44.9 Å². The molecule has 116 valence electrons. The van der Waals surface area contributed by atoms with E-state index in [0.717, 1.165) is 18.9 Å². The van der Waals surface area contributed by atoms with Gasteiger partial charge in [0, 0.05) is 6.54 Å². The fraction of sp³-hybridized carbons (Fsp3) is 0.588. The van der Waals surface area contributed by atoms with E-state index in [4.69, 9.17) is 4.74 Å². The first-order valence-corrected chi connectivity index (χ1v) is 7.90. The van der Waals surface area contributed by atoms with E-state index in [1.54, 1.807) is 18.2 Å². The Hall–Kier alpha value is -1.58. The lowest BCUT2D eigenvalue weighted by Gasteiger charge is -2.10. The molecule has 4 heteroatoms. The lowest BCUT2D eigenvalue weighted by molar-refractivity contribution is -0.121. The Morgan fingerprint density at radius 1 is 1.29 bits per heavy atom. The summed E-state index contributed by atoms with van der Waals surface area (Å²) >= 11 is 0. The zero-order valence-electron chi connectivity index (χ0n) is 12.4. The van der Waals surface area contributed by atoms with Crippen molar-refractivity contribution < 1.29 is 13.9 Å². The number of carbonyl (C=O) groups excluding carboxylic acids is 1. The molecule has 0 aliphatic heterocycles. The van der Waals surface area contributed by atoms with Gasteiger partial charge in [0.25, 0.3) is 0 Å². The average molecular weight is 293 g/mol. The molecule has 0 aromatic heterocycles. The van der Waals surface area contributed by atoms with Crippen molar-refractivity contribution in [3.63, 3.8) is 0 Å². The summed E-state index contributed by atoms with van der Waals surface area (Å²) in [5, 5.41) is 2.89. The molecule has 1 amide bonds. The van der Waals surface area contributed by atoms with Gasteiger partial charge in [-0.2, -0.15) is 0 Å². The highest BCUT2D eigenvalue weighted by Gasteiger charge is 2.14. The van der Waals surface area contributed by atoms with Crippen LogP contribution in [0, 0.1) is 11.7 Å². The summed E-state index contributed by atoms with van der Waals surface area (Å²) in [6.07, 6.45) is 7.96. The van der Waals surface area contributed by atoms with Gasteiger partial charge in [0.1, 0.15) is 0 Å². The first-order valence-electron chi connectivity index (χ1n) is 7.90.